The van der Waals surface area contributed by atoms with Crippen molar-refractivity contribution in [1.29, 1.82) is 0 Å². The predicted octanol–water partition coefficient (Wildman–Crippen LogP) is 4.88. The Bertz CT molecular complexity index is 653. The van der Waals surface area contributed by atoms with Crippen LogP contribution in [0.1, 0.15) is 30.1 Å². The molecule has 0 bridgehead atoms. The fourth-order valence-corrected chi connectivity index (χ4v) is 3.92. The van der Waals surface area contributed by atoms with E-state index in [2.05, 4.69) is 28.1 Å². The molecule has 1 aliphatic rings. The molecule has 0 radical (unpaired) electrons. The molecule has 2 aromatic carbocycles. The SMILES string of the molecule is COc1c(Br)cc(Cl)cc1C(O)C1(c2ccccc2)CC1. The molecule has 1 saturated carbocycles. The average Bonchev–Trinajstić information content (AvgIpc) is 3.28. The third-order valence-electron chi connectivity index (χ3n) is 4.20. The van der Waals surface area contributed by atoms with Gasteiger partial charge in [0.2, 0.25) is 0 Å². The summed E-state index contributed by atoms with van der Waals surface area (Å²) in [7, 11) is 1.60. The van der Waals surface area contributed by atoms with Gasteiger partial charge in [0.25, 0.3) is 0 Å². The van der Waals surface area contributed by atoms with E-state index in [0.717, 1.165) is 28.4 Å². The number of ether oxygens (including phenoxy) is 1. The maximum Gasteiger partial charge on any atom is 0.138 e. The van der Waals surface area contributed by atoms with Crippen LogP contribution in [0.15, 0.2) is 46.9 Å². The summed E-state index contributed by atoms with van der Waals surface area (Å²) in [5.74, 6) is 0.647. The number of benzene rings is 2. The second-order valence-electron chi connectivity index (χ2n) is 5.43. The molecule has 0 aliphatic heterocycles. The lowest BCUT2D eigenvalue weighted by Crippen LogP contribution is -2.19. The lowest BCUT2D eigenvalue weighted by molar-refractivity contribution is 0.129. The van der Waals surface area contributed by atoms with Gasteiger partial charge in [-0.2, -0.15) is 0 Å². The quantitative estimate of drug-likeness (QED) is 0.835. The summed E-state index contributed by atoms with van der Waals surface area (Å²) in [5, 5.41) is 11.5. The smallest absolute Gasteiger partial charge is 0.138 e. The Labute approximate surface area is 137 Å². The van der Waals surface area contributed by atoms with Crippen LogP contribution in [0.3, 0.4) is 0 Å². The maximum absolute atomic E-state index is 11.0. The topological polar surface area (TPSA) is 29.5 Å². The molecule has 1 fully saturated rings. The Morgan fingerprint density at radius 3 is 2.48 bits per heavy atom. The van der Waals surface area contributed by atoms with Crippen molar-refractivity contribution in [3.05, 3.63) is 63.1 Å². The largest absolute Gasteiger partial charge is 0.495 e. The van der Waals surface area contributed by atoms with Crippen LogP contribution in [0.5, 0.6) is 5.75 Å². The molecule has 0 aromatic heterocycles. The van der Waals surface area contributed by atoms with E-state index in [9.17, 15) is 5.11 Å². The number of hydrogen-bond acceptors (Lipinski definition) is 2. The van der Waals surface area contributed by atoms with Crippen LogP contribution in [0.25, 0.3) is 0 Å². The van der Waals surface area contributed by atoms with Gasteiger partial charge in [-0.25, -0.2) is 0 Å². The Hall–Kier alpha value is -1.03. The van der Waals surface area contributed by atoms with Crippen LogP contribution >= 0.6 is 27.5 Å². The van der Waals surface area contributed by atoms with Crippen LogP contribution in [0.2, 0.25) is 5.02 Å². The molecule has 110 valence electrons. The molecular formula is C17H16BrClO2. The highest BCUT2D eigenvalue weighted by Crippen LogP contribution is 2.58. The van der Waals surface area contributed by atoms with Gasteiger partial charge in [0.15, 0.2) is 0 Å². The monoisotopic (exact) mass is 366 g/mol. The normalized spacial score (nSPS) is 17.3. The van der Waals surface area contributed by atoms with Crippen LogP contribution in [-0.4, -0.2) is 12.2 Å². The molecule has 1 aliphatic carbocycles. The molecule has 2 nitrogen and oxygen atoms in total. The van der Waals surface area contributed by atoms with E-state index in [1.165, 1.54) is 0 Å². The Morgan fingerprint density at radius 2 is 1.90 bits per heavy atom. The van der Waals surface area contributed by atoms with Gasteiger partial charge in [-0.15, -0.1) is 0 Å². The molecule has 0 heterocycles. The van der Waals surface area contributed by atoms with Gasteiger partial charge in [-0.05, 0) is 46.5 Å². The highest BCUT2D eigenvalue weighted by atomic mass is 79.9. The Morgan fingerprint density at radius 1 is 1.24 bits per heavy atom. The third-order valence-corrected chi connectivity index (χ3v) is 5.00. The number of aliphatic hydroxyl groups is 1. The first kappa shape index (κ1) is 14.9. The second-order valence-corrected chi connectivity index (χ2v) is 6.73. The molecule has 1 unspecified atom stereocenters. The fraction of sp³-hybridized carbons (Fsp3) is 0.294. The number of hydrogen-bond donors (Lipinski definition) is 1. The summed E-state index contributed by atoms with van der Waals surface area (Å²) in [5.41, 5.74) is 1.67. The molecule has 0 spiro atoms. The Balaban J connectivity index is 2.05. The van der Waals surface area contributed by atoms with Gasteiger partial charge < -0.3 is 9.84 Å². The zero-order valence-corrected chi connectivity index (χ0v) is 14.0. The van der Waals surface area contributed by atoms with Crippen LogP contribution in [0, 0.1) is 0 Å². The van der Waals surface area contributed by atoms with Crippen molar-refractivity contribution >= 4 is 27.5 Å². The minimum absolute atomic E-state index is 0.224. The average molecular weight is 368 g/mol. The predicted molar refractivity (Wildman–Crippen MR) is 88.0 cm³/mol. The van der Waals surface area contributed by atoms with E-state index in [0.29, 0.717) is 10.8 Å². The minimum atomic E-state index is -0.634. The van der Waals surface area contributed by atoms with Crippen LogP contribution in [0.4, 0.5) is 0 Å². The van der Waals surface area contributed by atoms with Gasteiger partial charge >= 0.3 is 0 Å². The minimum Gasteiger partial charge on any atom is -0.495 e. The van der Waals surface area contributed by atoms with Crippen molar-refractivity contribution in [1.82, 2.24) is 0 Å². The van der Waals surface area contributed by atoms with Gasteiger partial charge in [0.05, 0.1) is 17.7 Å². The van der Waals surface area contributed by atoms with E-state index in [1.807, 2.05) is 18.2 Å². The molecule has 4 heteroatoms. The molecule has 2 aromatic rings. The van der Waals surface area contributed by atoms with E-state index >= 15 is 0 Å². The summed E-state index contributed by atoms with van der Waals surface area (Å²) >= 11 is 9.59. The number of methoxy groups -OCH3 is 1. The molecule has 3 rings (SSSR count). The first-order valence-corrected chi connectivity index (χ1v) is 8.02. The van der Waals surface area contributed by atoms with Crippen molar-refractivity contribution in [2.75, 3.05) is 7.11 Å². The van der Waals surface area contributed by atoms with Crippen LogP contribution < -0.4 is 4.74 Å². The van der Waals surface area contributed by atoms with E-state index < -0.39 is 6.10 Å². The summed E-state index contributed by atoms with van der Waals surface area (Å²) < 4.78 is 6.21. The summed E-state index contributed by atoms with van der Waals surface area (Å²) in [4.78, 5) is 0. The van der Waals surface area contributed by atoms with Gasteiger partial charge in [-0.3, -0.25) is 0 Å². The number of rotatable bonds is 4. The molecule has 21 heavy (non-hydrogen) atoms. The zero-order valence-electron chi connectivity index (χ0n) is 11.6. The Kier molecular flexibility index (Phi) is 4.00. The maximum atomic E-state index is 11.0. The van der Waals surface area contributed by atoms with Crippen molar-refractivity contribution in [2.45, 2.75) is 24.4 Å². The number of halogens is 2. The highest BCUT2D eigenvalue weighted by molar-refractivity contribution is 9.10. The van der Waals surface area contributed by atoms with Crippen molar-refractivity contribution in [3.8, 4) is 5.75 Å². The van der Waals surface area contributed by atoms with Gasteiger partial charge in [0, 0.05) is 16.0 Å². The lowest BCUT2D eigenvalue weighted by Gasteiger charge is -2.25. The summed E-state index contributed by atoms with van der Waals surface area (Å²) in [6.07, 6.45) is 1.29. The number of aliphatic hydroxyl groups excluding tert-OH is 1. The van der Waals surface area contributed by atoms with E-state index in [4.69, 9.17) is 16.3 Å². The molecule has 1 N–H and O–H groups in total. The third kappa shape index (κ3) is 2.59. The molecular weight excluding hydrogens is 352 g/mol. The van der Waals surface area contributed by atoms with Gasteiger partial charge in [0.1, 0.15) is 5.75 Å². The van der Waals surface area contributed by atoms with E-state index in [1.54, 1.807) is 19.2 Å². The molecule has 0 amide bonds. The van der Waals surface area contributed by atoms with Crippen molar-refractivity contribution in [2.24, 2.45) is 0 Å². The first-order valence-electron chi connectivity index (χ1n) is 6.85. The summed E-state index contributed by atoms with van der Waals surface area (Å²) in [6.45, 7) is 0. The zero-order chi connectivity index (χ0) is 15.0. The van der Waals surface area contributed by atoms with Gasteiger partial charge in [-0.1, -0.05) is 41.9 Å². The van der Waals surface area contributed by atoms with Crippen molar-refractivity contribution in [3.63, 3.8) is 0 Å². The fourth-order valence-electron chi connectivity index (χ4n) is 2.92. The van der Waals surface area contributed by atoms with Crippen LogP contribution in [-0.2, 0) is 5.41 Å². The molecule has 0 saturated heterocycles. The summed E-state index contributed by atoms with van der Waals surface area (Å²) in [6, 6.07) is 13.7. The second kappa shape index (κ2) is 5.64. The highest BCUT2D eigenvalue weighted by Gasteiger charge is 2.51. The first-order chi connectivity index (χ1) is 10.1. The standard InChI is InChI=1S/C17H16BrClO2/c1-21-15-13(9-12(19)10-14(15)18)16(20)17(7-8-17)11-5-3-2-4-6-11/h2-6,9-10,16,20H,7-8H2,1H3. The van der Waals surface area contributed by atoms with Crippen molar-refractivity contribution < 1.29 is 9.84 Å². The lowest BCUT2D eigenvalue weighted by atomic mass is 9.85. The molecule has 1 atom stereocenters. The van der Waals surface area contributed by atoms with E-state index in [-0.39, 0.29) is 5.41 Å².